The Morgan fingerprint density at radius 1 is 0.882 bits per heavy atom. The van der Waals surface area contributed by atoms with E-state index >= 15 is 0 Å². The first-order chi connectivity index (χ1) is 8.35. The second-order valence-corrected chi connectivity index (χ2v) is 4.50. The summed E-state index contributed by atoms with van der Waals surface area (Å²) in [6.07, 6.45) is 5.23. The van der Waals surface area contributed by atoms with Gasteiger partial charge in [0, 0.05) is 26.2 Å². The Morgan fingerprint density at radius 2 is 1.53 bits per heavy atom. The molecule has 1 N–H and O–H groups in total. The van der Waals surface area contributed by atoms with E-state index in [9.17, 15) is 0 Å². The van der Waals surface area contributed by atoms with Crippen molar-refractivity contribution < 1.29 is 4.74 Å². The van der Waals surface area contributed by atoms with Crippen LogP contribution in [0.4, 0.5) is 0 Å². The van der Waals surface area contributed by atoms with Crippen molar-refractivity contribution in [3.8, 4) is 0 Å². The van der Waals surface area contributed by atoms with E-state index in [1.54, 1.807) is 0 Å². The highest BCUT2D eigenvalue weighted by Crippen LogP contribution is 1.98. The average molecular weight is 244 g/mol. The summed E-state index contributed by atoms with van der Waals surface area (Å²) in [5.41, 5.74) is 0. The van der Waals surface area contributed by atoms with E-state index in [4.69, 9.17) is 4.74 Å². The molecule has 0 bridgehead atoms. The van der Waals surface area contributed by atoms with E-state index in [1.165, 1.54) is 45.3 Å². The van der Waals surface area contributed by atoms with Gasteiger partial charge in [-0.3, -0.25) is 0 Å². The minimum atomic E-state index is 0.820. The fourth-order valence-corrected chi connectivity index (χ4v) is 1.75. The minimum absolute atomic E-state index is 0.820. The van der Waals surface area contributed by atoms with Crippen LogP contribution in [-0.4, -0.2) is 50.8 Å². The molecule has 0 saturated carbocycles. The molecule has 0 aromatic heterocycles. The van der Waals surface area contributed by atoms with E-state index in [0.29, 0.717) is 0 Å². The third-order valence-corrected chi connectivity index (χ3v) is 2.89. The first-order valence-electron chi connectivity index (χ1n) is 7.35. The molecule has 104 valence electrons. The summed E-state index contributed by atoms with van der Waals surface area (Å²) >= 11 is 0. The zero-order chi connectivity index (χ0) is 12.8. The molecule has 0 spiro atoms. The maximum atomic E-state index is 5.29. The Bertz CT molecular complexity index is 134. The number of nitrogens with one attached hydrogen (secondary N) is 1. The van der Waals surface area contributed by atoms with Crippen LogP contribution in [0.2, 0.25) is 0 Å². The second kappa shape index (κ2) is 13.9. The first-order valence-corrected chi connectivity index (χ1v) is 7.35. The van der Waals surface area contributed by atoms with Gasteiger partial charge in [0.2, 0.25) is 0 Å². The van der Waals surface area contributed by atoms with Gasteiger partial charge in [0.05, 0.1) is 6.61 Å². The van der Waals surface area contributed by atoms with Gasteiger partial charge in [0.1, 0.15) is 0 Å². The predicted molar refractivity (Wildman–Crippen MR) is 75.6 cm³/mol. The van der Waals surface area contributed by atoms with Gasteiger partial charge in [-0.05, 0) is 32.9 Å². The van der Waals surface area contributed by atoms with Crippen LogP contribution in [0.3, 0.4) is 0 Å². The average Bonchev–Trinajstić information content (AvgIpc) is 2.35. The number of nitrogens with zero attached hydrogens (tertiary/aromatic N) is 1. The largest absolute Gasteiger partial charge is 0.380 e. The van der Waals surface area contributed by atoms with Crippen LogP contribution in [0.1, 0.15) is 46.5 Å². The first kappa shape index (κ1) is 16.9. The van der Waals surface area contributed by atoms with Crippen LogP contribution in [0.25, 0.3) is 0 Å². The molecular formula is C14H32N2O. The fraction of sp³-hybridized carbons (Fsp3) is 1.00. The fourth-order valence-electron chi connectivity index (χ4n) is 1.75. The quantitative estimate of drug-likeness (QED) is 0.504. The lowest BCUT2D eigenvalue weighted by molar-refractivity contribution is 0.148. The molecular weight excluding hydrogens is 212 g/mol. The molecule has 0 saturated heterocycles. The van der Waals surface area contributed by atoms with Crippen LogP contribution in [-0.2, 0) is 4.74 Å². The van der Waals surface area contributed by atoms with Crippen LogP contribution in [0, 0.1) is 0 Å². The molecule has 3 nitrogen and oxygen atoms in total. The molecule has 0 amide bonds. The monoisotopic (exact) mass is 244 g/mol. The Labute approximate surface area is 108 Å². The van der Waals surface area contributed by atoms with Crippen molar-refractivity contribution in [2.45, 2.75) is 46.5 Å². The maximum absolute atomic E-state index is 5.29. The van der Waals surface area contributed by atoms with E-state index in [1.807, 2.05) is 6.92 Å². The third kappa shape index (κ3) is 12.1. The van der Waals surface area contributed by atoms with E-state index in [-0.39, 0.29) is 0 Å². The molecule has 0 aliphatic heterocycles. The SMILES string of the molecule is CCCCN(CCCC)CCNCCOCC. The van der Waals surface area contributed by atoms with Crippen LogP contribution >= 0.6 is 0 Å². The molecule has 0 heterocycles. The van der Waals surface area contributed by atoms with Crippen molar-refractivity contribution in [2.75, 3.05) is 45.9 Å². The molecule has 0 aromatic rings. The number of hydrogen-bond acceptors (Lipinski definition) is 3. The van der Waals surface area contributed by atoms with Gasteiger partial charge in [-0.25, -0.2) is 0 Å². The van der Waals surface area contributed by atoms with Crippen molar-refractivity contribution >= 4 is 0 Å². The molecule has 0 aliphatic rings. The van der Waals surface area contributed by atoms with Gasteiger partial charge < -0.3 is 15.0 Å². The Morgan fingerprint density at radius 3 is 2.06 bits per heavy atom. The van der Waals surface area contributed by atoms with Gasteiger partial charge >= 0.3 is 0 Å². The molecule has 0 aliphatic carbocycles. The lowest BCUT2D eigenvalue weighted by atomic mass is 10.2. The van der Waals surface area contributed by atoms with Gasteiger partial charge in [0.15, 0.2) is 0 Å². The number of hydrogen-bond donors (Lipinski definition) is 1. The lowest BCUT2D eigenvalue weighted by Crippen LogP contribution is -2.34. The standard InChI is InChI=1S/C14H32N2O/c1-4-7-11-16(12-8-5-2)13-9-15-10-14-17-6-3/h15H,4-14H2,1-3H3. The minimum Gasteiger partial charge on any atom is -0.380 e. The van der Waals surface area contributed by atoms with Gasteiger partial charge in [-0.15, -0.1) is 0 Å². The summed E-state index contributed by atoms with van der Waals surface area (Å²) < 4.78 is 5.29. The van der Waals surface area contributed by atoms with Crippen molar-refractivity contribution in [1.82, 2.24) is 10.2 Å². The molecule has 0 unspecified atom stereocenters. The van der Waals surface area contributed by atoms with Crippen molar-refractivity contribution in [1.29, 1.82) is 0 Å². The normalized spacial score (nSPS) is 11.3. The van der Waals surface area contributed by atoms with Crippen LogP contribution < -0.4 is 5.32 Å². The summed E-state index contributed by atoms with van der Waals surface area (Å²) in [4.78, 5) is 2.58. The molecule has 3 heteroatoms. The van der Waals surface area contributed by atoms with E-state index < -0.39 is 0 Å². The van der Waals surface area contributed by atoms with Gasteiger partial charge in [-0.1, -0.05) is 26.7 Å². The number of rotatable bonds is 13. The van der Waals surface area contributed by atoms with Crippen molar-refractivity contribution in [3.63, 3.8) is 0 Å². The van der Waals surface area contributed by atoms with Gasteiger partial charge in [-0.2, -0.15) is 0 Å². The molecule has 0 fully saturated rings. The maximum Gasteiger partial charge on any atom is 0.0590 e. The highest BCUT2D eigenvalue weighted by Gasteiger charge is 2.02. The zero-order valence-corrected chi connectivity index (χ0v) is 12.1. The van der Waals surface area contributed by atoms with Gasteiger partial charge in [0.25, 0.3) is 0 Å². The summed E-state index contributed by atoms with van der Waals surface area (Å²) in [7, 11) is 0. The van der Waals surface area contributed by atoms with Crippen LogP contribution in [0.15, 0.2) is 0 Å². The Hall–Kier alpha value is -0.120. The summed E-state index contributed by atoms with van der Waals surface area (Å²) in [5.74, 6) is 0. The summed E-state index contributed by atoms with van der Waals surface area (Å²) in [6.45, 7) is 14.0. The van der Waals surface area contributed by atoms with Crippen LogP contribution in [0.5, 0.6) is 0 Å². The Kier molecular flexibility index (Phi) is 13.8. The predicted octanol–water partition coefficient (Wildman–Crippen LogP) is 2.51. The molecule has 17 heavy (non-hydrogen) atoms. The van der Waals surface area contributed by atoms with E-state index in [0.717, 1.165) is 26.3 Å². The summed E-state index contributed by atoms with van der Waals surface area (Å²) in [5, 5.41) is 3.44. The summed E-state index contributed by atoms with van der Waals surface area (Å²) in [6, 6.07) is 0. The smallest absolute Gasteiger partial charge is 0.0590 e. The van der Waals surface area contributed by atoms with Crippen molar-refractivity contribution in [2.24, 2.45) is 0 Å². The van der Waals surface area contributed by atoms with Crippen molar-refractivity contribution in [3.05, 3.63) is 0 Å². The zero-order valence-electron chi connectivity index (χ0n) is 12.1. The second-order valence-electron chi connectivity index (χ2n) is 4.50. The Balaban J connectivity index is 3.45. The number of unbranched alkanes of at least 4 members (excludes halogenated alkanes) is 2. The number of ether oxygens (including phenoxy) is 1. The molecule has 0 atom stereocenters. The topological polar surface area (TPSA) is 24.5 Å². The highest BCUT2D eigenvalue weighted by molar-refractivity contribution is 4.60. The van der Waals surface area contributed by atoms with E-state index in [2.05, 4.69) is 24.1 Å². The molecule has 0 rings (SSSR count). The molecule has 0 aromatic carbocycles. The lowest BCUT2D eigenvalue weighted by Gasteiger charge is -2.22. The molecule has 0 radical (unpaired) electrons. The highest BCUT2D eigenvalue weighted by atomic mass is 16.5. The third-order valence-electron chi connectivity index (χ3n) is 2.89.